The number of fused-ring (bicyclic) bond motifs is 1. The second-order valence-corrected chi connectivity index (χ2v) is 8.35. The van der Waals surface area contributed by atoms with Gasteiger partial charge in [-0.25, -0.2) is 9.18 Å². The Labute approximate surface area is 194 Å². The Hall–Kier alpha value is -3.19. The summed E-state index contributed by atoms with van der Waals surface area (Å²) in [6.45, 7) is 11.6. The molecule has 3 rings (SSSR count). The molecule has 2 aromatic carbocycles. The van der Waals surface area contributed by atoms with E-state index in [1.165, 1.54) is 24.3 Å². The van der Waals surface area contributed by atoms with Gasteiger partial charge in [0, 0.05) is 23.2 Å². The van der Waals surface area contributed by atoms with Crippen LogP contribution in [0.25, 0.3) is 10.9 Å². The lowest BCUT2D eigenvalue weighted by atomic mass is 10.0. The summed E-state index contributed by atoms with van der Waals surface area (Å²) in [7, 11) is 0. The zero-order valence-corrected chi connectivity index (χ0v) is 19.9. The summed E-state index contributed by atoms with van der Waals surface area (Å²) in [5.74, 6) is -0.363. The zero-order valence-electron chi connectivity index (χ0n) is 19.9. The molecule has 0 fully saturated rings. The number of benzene rings is 2. The molecule has 1 heterocycles. The van der Waals surface area contributed by atoms with Crippen LogP contribution in [-0.4, -0.2) is 47.0 Å². The van der Waals surface area contributed by atoms with Crippen LogP contribution in [0.1, 0.15) is 37.0 Å². The first-order chi connectivity index (χ1) is 15.8. The van der Waals surface area contributed by atoms with Crippen LogP contribution in [0.3, 0.4) is 0 Å². The van der Waals surface area contributed by atoms with Crippen molar-refractivity contribution >= 4 is 22.6 Å². The number of hydrogen-bond acceptors (Lipinski definition) is 3. The summed E-state index contributed by atoms with van der Waals surface area (Å²) < 4.78 is 13.2. The molecular formula is C26H33FN4O2. The molecular weight excluding hydrogens is 419 g/mol. The minimum absolute atomic E-state index is 0.184. The molecule has 0 unspecified atom stereocenters. The van der Waals surface area contributed by atoms with Gasteiger partial charge in [0.05, 0.1) is 12.1 Å². The Bertz CT molecular complexity index is 1150. The molecule has 0 radical (unpaired) electrons. The molecule has 1 aromatic heterocycles. The molecule has 2 N–H and O–H groups in total. The first-order valence-corrected chi connectivity index (χ1v) is 11.5. The number of hydrogen-bond donors (Lipinski definition) is 2. The number of aryl methyl sites for hydroxylation is 2. The van der Waals surface area contributed by atoms with Crippen molar-refractivity contribution < 1.29 is 9.18 Å². The fraction of sp³-hybridized carbons (Fsp3) is 0.385. The van der Waals surface area contributed by atoms with Crippen LogP contribution < -0.4 is 10.9 Å². The van der Waals surface area contributed by atoms with E-state index in [2.05, 4.69) is 29.0 Å². The number of carbonyl (C=O) groups excluding carboxylic acids is 1. The number of carbonyl (C=O) groups is 1. The highest BCUT2D eigenvalue weighted by Crippen LogP contribution is 2.20. The number of nitrogens with zero attached hydrogens (tertiary/aromatic N) is 2. The third kappa shape index (κ3) is 6.20. The minimum atomic E-state index is -0.363. The topological polar surface area (TPSA) is 68.4 Å². The Kier molecular flexibility index (Phi) is 8.22. The number of nitrogens with one attached hydrogen (secondary N) is 2. The monoisotopic (exact) mass is 452 g/mol. The van der Waals surface area contributed by atoms with Crippen LogP contribution >= 0.6 is 0 Å². The van der Waals surface area contributed by atoms with Crippen LogP contribution in [-0.2, 0) is 6.54 Å². The van der Waals surface area contributed by atoms with Gasteiger partial charge in [-0.2, -0.15) is 0 Å². The number of H-pyrrole nitrogens is 1. The van der Waals surface area contributed by atoms with Crippen molar-refractivity contribution in [3.63, 3.8) is 0 Å². The summed E-state index contributed by atoms with van der Waals surface area (Å²) in [5, 5.41) is 3.81. The number of aromatic nitrogens is 1. The Morgan fingerprint density at radius 2 is 1.67 bits per heavy atom. The van der Waals surface area contributed by atoms with Crippen molar-refractivity contribution in [2.24, 2.45) is 0 Å². The maximum atomic E-state index is 13.2. The van der Waals surface area contributed by atoms with E-state index in [1.807, 2.05) is 32.0 Å². The van der Waals surface area contributed by atoms with Crippen LogP contribution in [0, 0.1) is 19.7 Å². The second kappa shape index (κ2) is 11.1. The molecule has 0 atom stereocenters. The van der Waals surface area contributed by atoms with Gasteiger partial charge in [-0.1, -0.05) is 26.0 Å². The minimum Gasteiger partial charge on any atom is -0.321 e. The van der Waals surface area contributed by atoms with Gasteiger partial charge in [-0.15, -0.1) is 0 Å². The molecule has 3 aromatic rings. The van der Waals surface area contributed by atoms with Gasteiger partial charge in [-0.05, 0) is 81.4 Å². The summed E-state index contributed by atoms with van der Waals surface area (Å²) in [5.41, 5.74) is 3.75. The van der Waals surface area contributed by atoms with E-state index in [-0.39, 0.29) is 24.0 Å². The first-order valence-electron chi connectivity index (χ1n) is 11.5. The number of amides is 2. The maximum absolute atomic E-state index is 13.2. The molecule has 0 aliphatic rings. The van der Waals surface area contributed by atoms with Gasteiger partial charge in [0.25, 0.3) is 5.56 Å². The van der Waals surface area contributed by atoms with Crippen LogP contribution in [0.4, 0.5) is 14.9 Å². The highest BCUT2D eigenvalue weighted by Gasteiger charge is 2.17. The maximum Gasteiger partial charge on any atom is 0.322 e. The predicted molar refractivity (Wildman–Crippen MR) is 132 cm³/mol. The number of aromatic amines is 1. The number of rotatable bonds is 9. The average Bonchev–Trinajstić information content (AvgIpc) is 2.80. The Morgan fingerprint density at radius 3 is 2.33 bits per heavy atom. The van der Waals surface area contributed by atoms with Crippen molar-refractivity contribution in [1.29, 1.82) is 0 Å². The third-order valence-electron chi connectivity index (χ3n) is 6.06. The quantitative estimate of drug-likeness (QED) is 0.477. The standard InChI is InChI=1S/C26H33FN4O2/c1-5-30(6-2)14-7-15-31(26(33)28-22-12-10-21(27)11-13-22)17-20-16-23-18(3)8-9-19(4)24(23)29-25(20)32/h8-13,16H,5-7,14-15,17H2,1-4H3,(H,28,33)(H,29,32). The number of urea groups is 1. The van der Waals surface area contributed by atoms with Crippen molar-refractivity contribution in [2.75, 3.05) is 31.5 Å². The lowest BCUT2D eigenvalue weighted by molar-refractivity contribution is 0.202. The molecule has 6 nitrogen and oxygen atoms in total. The molecule has 0 spiro atoms. The van der Waals surface area contributed by atoms with Crippen molar-refractivity contribution in [3.8, 4) is 0 Å². The third-order valence-corrected chi connectivity index (χ3v) is 6.06. The van der Waals surface area contributed by atoms with E-state index in [9.17, 15) is 14.0 Å². The fourth-order valence-electron chi connectivity index (χ4n) is 3.95. The van der Waals surface area contributed by atoms with Crippen LogP contribution in [0.5, 0.6) is 0 Å². The summed E-state index contributed by atoms with van der Waals surface area (Å²) in [6, 6.07) is 11.2. The molecule has 2 amide bonds. The molecule has 33 heavy (non-hydrogen) atoms. The molecule has 0 saturated carbocycles. The number of pyridine rings is 1. The van der Waals surface area contributed by atoms with Gasteiger partial charge in [0.15, 0.2) is 0 Å². The second-order valence-electron chi connectivity index (χ2n) is 8.35. The molecule has 0 saturated heterocycles. The molecule has 0 aliphatic heterocycles. The van der Waals surface area contributed by atoms with Gasteiger partial charge in [-0.3, -0.25) is 4.79 Å². The highest BCUT2D eigenvalue weighted by atomic mass is 19.1. The predicted octanol–water partition coefficient (Wildman–Crippen LogP) is 5.05. The highest BCUT2D eigenvalue weighted by molar-refractivity contribution is 5.89. The van der Waals surface area contributed by atoms with Crippen LogP contribution in [0.2, 0.25) is 0 Å². The Balaban J connectivity index is 1.85. The number of anilines is 1. The lowest BCUT2D eigenvalue weighted by Gasteiger charge is -2.25. The van der Waals surface area contributed by atoms with E-state index in [0.29, 0.717) is 17.8 Å². The summed E-state index contributed by atoms with van der Waals surface area (Å²) in [6.07, 6.45) is 0.780. The molecule has 176 valence electrons. The summed E-state index contributed by atoms with van der Waals surface area (Å²) >= 11 is 0. The fourth-order valence-corrected chi connectivity index (χ4v) is 3.95. The molecule has 0 bridgehead atoms. The largest absolute Gasteiger partial charge is 0.322 e. The van der Waals surface area contributed by atoms with Gasteiger partial charge < -0.3 is 20.1 Å². The van der Waals surface area contributed by atoms with Crippen molar-refractivity contribution in [1.82, 2.24) is 14.8 Å². The van der Waals surface area contributed by atoms with E-state index < -0.39 is 0 Å². The van der Waals surface area contributed by atoms with Crippen LogP contribution in [0.15, 0.2) is 47.3 Å². The first kappa shape index (κ1) is 24.5. The molecule has 0 aliphatic carbocycles. The smallest absolute Gasteiger partial charge is 0.321 e. The van der Waals surface area contributed by atoms with Crippen molar-refractivity contribution in [2.45, 2.75) is 40.7 Å². The average molecular weight is 453 g/mol. The summed E-state index contributed by atoms with van der Waals surface area (Å²) in [4.78, 5) is 32.9. The SMILES string of the molecule is CCN(CC)CCCN(Cc1cc2c(C)ccc(C)c2[nH]c1=O)C(=O)Nc1ccc(F)cc1. The van der Waals surface area contributed by atoms with E-state index in [1.54, 1.807) is 4.90 Å². The normalized spacial score (nSPS) is 11.2. The van der Waals surface area contributed by atoms with E-state index >= 15 is 0 Å². The Morgan fingerprint density at radius 1 is 1.00 bits per heavy atom. The van der Waals surface area contributed by atoms with Gasteiger partial charge in [0.1, 0.15) is 5.82 Å². The van der Waals surface area contributed by atoms with E-state index in [4.69, 9.17) is 0 Å². The van der Waals surface area contributed by atoms with E-state index in [0.717, 1.165) is 48.1 Å². The zero-order chi connectivity index (χ0) is 24.0. The van der Waals surface area contributed by atoms with Gasteiger partial charge >= 0.3 is 6.03 Å². The van der Waals surface area contributed by atoms with Crippen molar-refractivity contribution in [3.05, 3.63) is 75.3 Å². The number of halogens is 1. The van der Waals surface area contributed by atoms with Gasteiger partial charge in [0.2, 0.25) is 0 Å². The lowest BCUT2D eigenvalue weighted by Crippen LogP contribution is -2.38. The molecule has 7 heteroatoms.